The van der Waals surface area contributed by atoms with Gasteiger partial charge in [0.05, 0.1) is 6.54 Å². The molecule has 0 aromatic carbocycles. The molecule has 2 aromatic heterocycles. The van der Waals surface area contributed by atoms with Crippen LogP contribution in [0.3, 0.4) is 0 Å². The summed E-state index contributed by atoms with van der Waals surface area (Å²) in [7, 11) is 3.52. The number of aromatic nitrogens is 1. The Morgan fingerprint density at radius 3 is 3.00 bits per heavy atom. The first-order chi connectivity index (χ1) is 8.63. The summed E-state index contributed by atoms with van der Waals surface area (Å²) in [4.78, 5) is 15.0. The van der Waals surface area contributed by atoms with Crippen molar-refractivity contribution in [3.05, 3.63) is 28.0 Å². The largest absolute Gasteiger partial charge is 0.382 e. The molecule has 0 spiro atoms. The van der Waals surface area contributed by atoms with Crippen molar-refractivity contribution in [2.75, 3.05) is 24.7 Å². The van der Waals surface area contributed by atoms with Gasteiger partial charge in [0.1, 0.15) is 10.6 Å². The number of nitrogens with two attached hydrogens (primary N) is 1. The third-order valence-electron chi connectivity index (χ3n) is 2.47. The molecule has 0 fully saturated rings. The number of thiophene rings is 1. The van der Waals surface area contributed by atoms with Gasteiger partial charge in [-0.3, -0.25) is 4.79 Å². The molecule has 1 amide bonds. The molecule has 2 heterocycles. The lowest BCUT2D eigenvalue weighted by atomic mass is 10.2. The summed E-state index contributed by atoms with van der Waals surface area (Å²) in [5.74, 6) is 0.0849. The minimum Gasteiger partial charge on any atom is -0.382 e. The van der Waals surface area contributed by atoms with E-state index in [2.05, 4.69) is 15.8 Å². The molecule has 0 saturated carbocycles. The van der Waals surface area contributed by atoms with Crippen LogP contribution in [0.2, 0.25) is 0 Å². The standard InChI is InChI=1S/C11H14N4OS2/c1-13-10(16)8-9(12)14-18-11(8)15(2)6-7-4-3-5-17-7/h3-5H,6H2,1-2H3,(H2,12,14)(H,13,16). The highest BCUT2D eigenvalue weighted by Gasteiger charge is 2.21. The number of hydrogen-bond acceptors (Lipinski definition) is 6. The number of nitrogens with one attached hydrogen (secondary N) is 1. The normalized spacial score (nSPS) is 10.3. The highest BCUT2D eigenvalue weighted by atomic mass is 32.1. The van der Waals surface area contributed by atoms with Crippen LogP contribution in [-0.4, -0.2) is 24.4 Å². The Labute approximate surface area is 113 Å². The van der Waals surface area contributed by atoms with E-state index in [-0.39, 0.29) is 11.7 Å². The summed E-state index contributed by atoms with van der Waals surface area (Å²) >= 11 is 2.93. The van der Waals surface area contributed by atoms with E-state index in [1.165, 1.54) is 16.4 Å². The minimum atomic E-state index is -0.200. The number of nitrogens with zero attached hydrogens (tertiary/aromatic N) is 2. The van der Waals surface area contributed by atoms with Crippen molar-refractivity contribution in [1.29, 1.82) is 0 Å². The molecule has 3 N–H and O–H groups in total. The number of amides is 1. The molecule has 7 heteroatoms. The van der Waals surface area contributed by atoms with E-state index in [1.807, 2.05) is 23.4 Å². The van der Waals surface area contributed by atoms with Gasteiger partial charge >= 0.3 is 0 Å². The average molecular weight is 282 g/mol. The predicted molar refractivity (Wildman–Crippen MR) is 76.3 cm³/mol. The molecule has 18 heavy (non-hydrogen) atoms. The van der Waals surface area contributed by atoms with Gasteiger partial charge in [-0.1, -0.05) is 6.07 Å². The van der Waals surface area contributed by atoms with Crippen molar-refractivity contribution in [3.63, 3.8) is 0 Å². The zero-order valence-corrected chi connectivity index (χ0v) is 11.8. The Morgan fingerprint density at radius 2 is 2.39 bits per heavy atom. The summed E-state index contributed by atoms with van der Waals surface area (Å²) in [5.41, 5.74) is 6.20. The molecular formula is C11H14N4OS2. The summed E-state index contributed by atoms with van der Waals surface area (Å²) < 4.78 is 4.06. The maximum atomic E-state index is 11.8. The Bertz CT molecular complexity index is 535. The van der Waals surface area contributed by atoms with E-state index in [9.17, 15) is 4.79 Å². The molecule has 0 unspecified atom stereocenters. The number of hydrogen-bond donors (Lipinski definition) is 2. The van der Waals surface area contributed by atoms with Crippen LogP contribution < -0.4 is 16.0 Å². The van der Waals surface area contributed by atoms with Gasteiger partial charge in [-0.25, -0.2) is 0 Å². The molecule has 5 nitrogen and oxygen atoms in total. The first-order valence-electron chi connectivity index (χ1n) is 5.34. The molecule has 2 rings (SSSR count). The first kappa shape index (κ1) is 12.8. The van der Waals surface area contributed by atoms with Crippen molar-refractivity contribution >= 4 is 39.6 Å². The fourth-order valence-electron chi connectivity index (χ4n) is 1.60. The van der Waals surface area contributed by atoms with Gasteiger partial charge in [-0.2, -0.15) is 4.37 Å². The summed E-state index contributed by atoms with van der Waals surface area (Å²) in [6.07, 6.45) is 0. The molecule has 0 aliphatic heterocycles. The zero-order valence-electron chi connectivity index (χ0n) is 10.1. The molecule has 96 valence electrons. The van der Waals surface area contributed by atoms with Crippen molar-refractivity contribution in [1.82, 2.24) is 9.69 Å². The molecule has 0 aliphatic carbocycles. The molecule has 0 bridgehead atoms. The van der Waals surface area contributed by atoms with Crippen molar-refractivity contribution in [3.8, 4) is 0 Å². The van der Waals surface area contributed by atoms with E-state index in [0.29, 0.717) is 5.56 Å². The summed E-state index contributed by atoms with van der Waals surface area (Å²) in [6.45, 7) is 0.739. The lowest BCUT2D eigenvalue weighted by molar-refractivity contribution is 0.0964. The van der Waals surface area contributed by atoms with E-state index < -0.39 is 0 Å². The lowest BCUT2D eigenvalue weighted by Gasteiger charge is -2.17. The third kappa shape index (κ3) is 2.46. The van der Waals surface area contributed by atoms with E-state index in [0.717, 1.165) is 11.5 Å². The molecule has 0 radical (unpaired) electrons. The van der Waals surface area contributed by atoms with Crippen LogP contribution in [0.25, 0.3) is 0 Å². The summed E-state index contributed by atoms with van der Waals surface area (Å²) in [6, 6.07) is 4.07. The molecular weight excluding hydrogens is 268 g/mol. The highest BCUT2D eigenvalue weighted by molar-refractivity contribution is 7.11. The maximum Gasteiger partial charge on any atom is 0.257 e. The van der Waals surface area contributed by atoms with E-state index in [4.69, 9.17) is 5.73 Å². The highest BCUT2D eigenvalue weighted by Crippen LogP contribution is 2.31. The van der Waals surface area contributed by atoms with Gasteiger partial charge in [-0.05, 0) is 23.0 Å². The van der Waals surface area contributed by atoms with Crippen LogP contribution in [0.4, 0.5) is 10.8 Å². The average Bonchev–Trinajstić information content (AvgIpc) is 2.97. The van der Waals surface area contributed by atoms with Crippen LogP contribution in [-0.2, 0) is 6.54 Å². The second kappa shape index (κ2) is 5.36. The molecule has 0 saturated heterocycles. The predicted octanol–water partition coefficient (Wildman–Crippen LogP) is 1.78. The Morgan fingerprint density at radius 1 is 1.61 bits per heavy atom. The van der Waals surface area contributed by atoms with E-state index >= 15 is 0 Å². The molecule has 0 atom stereocenters. The van der Waals surface area contributed by atoms with Gasteiger partial charge in [0.15, 0.2) is 5.82 Å². The van der Waals surface area contributed by atoms with E-state index in [1.54, 1.807) is 18.4 Å². The van der Waals surface area contributed by atoms with Crippen molar-refractivity contribution in [2.24, 2.45) is 0 Å². The van der Waals surface area contributed by atoms with Crippen molar-refractivity contribution < 1.29 is 4.79 Å². The second-order valence-corrected chi connectivity index (χ2v) is 5.55. The first-order valence-corrected chi connectivity index (χ1v) is 6.99. The molecule has 0 aliphatic rings. The van der Waals surface area contributed by atoms with Gasteiger partial charge in [0.2, 0.25) is 0 Å². The Hall–Kier alpha value is -1.60. The number of carbonyl (C=O) groups excluding carboxylic acids is 1. The third-order valence-corrected chi connectivity index (χ3v) is 4.31. The number of anilines is 2. The van der Waals surface area contributed by atoms with Crippen LogP contribution in [0.1, 0.15) is 15.2 Å². The smallest absolute Gasteiger partial charge is 0.257 e. The Kier molecular flexibility index (Phi) is 3.83. The summed E-state index contributed by atoms with van der Waals surface area (Å²) in [5, 5.41) is 5.41. The zero-order chi connectivity index (χ0) is 13.1. The van der Waals surface area contributed by atoms with Crippen LogP contribution in [0.5, 0.6) is 0 Å². The SMILES string of the molecule is CNC(=O)c1c(N)nsc1N(C)Cc1cccs1. The van der Waals surface area contributed by atoms with Gasteiger partial charge in [0.25, 0.3) is 5.91 Å². The fraction of sp³-hybridized carbons (Fsp3) is 0.273. The van der Waals surface area contributed by atoms with Gasteiger partial charge < -0.3 is 16.0 Å². The van der Waals surface area contributed by atoms with Crippen LogP contribution in [0.15, 0.2) is 17.5 Å². The minimum absolute atomic E-state index is 0.200. The molecule has 2 aromatic rings. The topological polar surface area (TPSA) is 71.2 Å². The second-order valence-electron chi connectivity index (χ2n) is 3.76. The maximum absolute atomic E-state index is 11.8. The van der Waals surface area contributed by atoms with Gasteiger partial charge in [0, 0.05) is 19.0 Å². The lowest BCUT2D eigenvalue weighted by Crippen LogP contribution is -2.23. The number of carbonyl (C=O) groups is 1. The van der Waals surface area contributed by atoms with Crippen LogP contribution >= 0.6 is 22.9 Å². The fourth-order valence-corrected chi connectivity index (χ4v) is 3.13. The Balaban J connectivity index is 2.25. The van der Waals surface area contributed by atoms with Gasteiger partial charge in [-0.15, -0.1) is 11.3 Å². The number of rotatable bonds is 4. The van der Waals surface area contributed by atoms with Crippen molar-refractivity contribution in [2.45, 2.75) is 6.54 Å². The quantitative estimate of drug-likeness (QED) is 0.896. The number of nitrogen functional groups attached to an aromatic ring is 1. The monoisotopic (exact) mass is 282 g/mol. The van der Waals surface area contributed by atoms with Crippen LogP contribution in [0, 0.1) is 0 Å².